The van der Waals surface area contributed by atoms with E-state index in [0.717, 1.165) is 16.5 Å². The summed E-state index contributed by atoms with van der Waals surface area (Å²) in [6.45, 7) is -0.0263. The Morgan fingerprint density at radius 3 is 3.00 bits per heavy atom. The maximum absolute atomic E-state index is 11.4. The highest BCUT2D eigenvalue weighted by molar-refractivity contribution is 5.84. The van der Waals surface area contributed by atoms with Crippen LogP contribution in [0.15, 0.2) is 34.9 Å². The Hall–Kier alpha value is -1.85. The van der Waals surface area contributed by atoms with Gasteiger partial charge in [-0.2, -0.15) is 0 Å². The van der Waals surface area contributed by atoms with Crippen LogP contribution in [0.4, 0.5) is 0 Å². The number of nitrogens with one attached hydrogen (secondary N) is 1. The molecule has 5 heteroatoms. The van der Waals surface area contributed by atoms with Gasteiger partial charge in [0.15, 0.2) is 0 Å². The van der Waals surface area contributed by atoms with Gasteiger partial charge in [-0.05, 0) is 6.07 Å². The van der Waals surface area contributed by atoms with E-state index in [-0.39, 0.29) is 12.5 Å². The van der Waals surface area contributed by atoms with Gasteiger partial charge in [0, 0.05) is 17.5 Å². The minimum Gasteiger partial charge on any atom is -0.464 e. The molecule has 17 heavy (non-hydrogen) atoms. The molecule has 0 aliphatic rings. The maximum Gasteiger partial charge on any atom is 0.239 e. The maximum atomic E-state index is 11.4. The molecule has 0 radical (unpaired) electrons. The van der Waals surface area contributed by atoms with Crippen LogP contribution < -0.4 is 11.1 Å². The number of hydrogen-bond donors (Lipinski definition) is 3. The van der Waals surface area contributed by atoms with Crippen LogP contribution in [-0.2, 0) is 11.3 Å². The second kappa shape index (κ2) is 4.99. The Kier molecular flexibility index (Phi) is 3.41. The molecule has 0 saturated heterocycles. The lowest BCUT2D eigenvalue weighted by Crippen LogP contribution is -2.42. The number of aliphatic hydroxyl groups excluding tert-OH is 1. The van der Waals surface area contributed by atoms with Crippen molar-refractivity contribution in [1.82, 2.24) is 5.32 Å². The summed E-state index contributed by atoms with van der Waals surface area (Å²) in [7, 11) is 0. The van der Waals surface area contributed by atoms with E-state index >= 15 is 0 Å². The van der Waals surface area contributed by atoms with E-state index in [9.17, 15) is 4.79 Å². The zero-order valence-corrected chi connectivity index (χ0v) is 9.22. The number of para-hydroxylation sites is 1. The molecule has 4 N–H and O–H groups in total. The van der Waals surface area contributed by atoms with E-state index in [1.807, 2.05) is 24.3 Å². The first-order valence-electron chi connectivity index (χ1n) is 5.31. The van der Waals surface area contributed by atoms with Gasteiger partial charge in [0.1, 0.15) is 11.6 Å². The van der Waals surface area contributed by atoms with Gasteiger partial charge in [0.25, 0.3) is 0 Å². The van der Waals surface area contributed by atoms with Gasteiger partial charge in [0.2, 0.25) is 5.91 Å². The molecule has 2 aromatic rings. The second-order valence-electron chi connectivity index (χ2n) is 3.76. The molecule has 0 fully saturated rings. The number of nitrogens with two attached hydrogens (primary N) is 1. The number of fused-ring (bicyclic) bond motifs is 1. The van der Waals surface area contributed by atoms with Gasteiger partial charge >= 0.3 is 0 Å². The largest absolute Gasteiger partial charge is 0.464 e. The molecule has 1 amide bonds. The van der Waals surface area contributed by atoms with Crippen molar-refractivity contribution < 1.29 is 14.3 Å². The number of rotatable bonds is 4. The predicted octanol–water partition coefficient (Wildman–Crippen LogP) is 0.369. The molecular weight excluding hydrogens is 220 g/mol. The fourth-order valence-corrected chi connectivity index (χ4v) is 1.57. The lowest BCUT2D eigenvalue weighted by molar-refractivity contribution is -0.123. The summed E-state index contributed by atoms with van der Waals surface area (Å²) in [5, 5.41) is 12.3. The van der Waals surface area contributed by atoms with Gasteiger partial charge in [-0.15, -0.1) is 0 Å². The van der Waals surface area contributed by atoms with Crippen molar-refractivity contribution in [3.63, 3.8) is 0 Å². The molecule has 90 valence electrons. The molecule has 5 nitrogen and oxygen atoms in total. The summed E-state index contributed by atoms with van der Waals surface area (Å²) in [5.41, 5.74) is 7.05. The van der Waals surface area contributed by atoms with Gasteiger partial charge in [-0.25, -0.2) is 0 Å². The Morgan fingerprint density at radius 1 is 1.47 bits per heavy atom. The van der Waals surface area contributed by atoms with Crippen LogP contribution in [0.5, 0.6) is 0 Å². The number of benzene rings is 1. The fourth-order valence-electron chi connectivity index (χ4n) is 1.57. The predicted molar refractivity (Wildman–Crippen MR) is 63.1 cm³/mol. The molecule has 1 unspecified atom stereocenters. The van der Waals surface area contributed by atoms with E-state index in [4.69, 9.17) is 15.3 Å². The van der Waals surface area contributed by atoms with Crippen LogP contribution in [0.25, 0.3) is 11.0 Å². The van der Waals surface area contributed by atoms with Gasteiger partial charge in [-0.1, -0.05) is 18.2 Å². The topological polar surface area (TPSA) is 88.5 Å². The van der Waals surface area contributed by atoms with Crippen molar-refractivity contribution in [3.05, 3.63) is 36.1 Å². The first kappa shape index (κ1) is 11.6. The highest BCUT2D eigenvalue weighted by Gasteiger charge is 2.12. The molecule has 1 aromatic carbocycles. The van der Waals surface area contributed by atoms with Crippen molar-refractivity contribution in [2.75, 3.05) is 6.61 Å². The summed E-state index contributed by atoms with van der Waals surface area (Å²) in [6.07, 6.45) is 1.61. The van der Waals surface area contributed by atoms with Crippen LogP contribution >= 0.6 is 0 Å². The monoisotopic (exact) mass is 234 g/mol. The van der Waals surface area contributed by atoms with E-state index in [1.165, 1.54) is 0 Å². The first-order chi connectivity index (χ1) is 8.22. The van der Waals surface area contributed by atoms with Crippen LogP contribution in [0.3, 0.4) is 0 Å². The molecule has 1 heterocycles. The molecule has 0 spiro atoms. The quantitative estimate of drug-likeness (QED) is 0.713. The van der Waals surface area contributed by atoms with Gasteiger partial charge in [0.05, 0.1) is 12.9 Å². The number of carbonyl (C=O) groups is 1. The van der Waals surface area contributed by atoms with E-state index in [1.54, 1.807) is 6.26 Å². The molecule has 1 atom stereocenters. The van der Waals surface area contributed by atoms with Crippen molar-refractivity contribution in [3.8, 4) is 0 Å². The van der Waals surface area contributed by atoms with Crippen molar-refractivity contribution >= 4 is 16.9 Å². The average Bonchev–Trinajstić information content (AvgIpc) is 2.78. The van der Waals surface area contributed by atoms with E-state index < -0.39 is 6.04 Å². The zero-order chi connectivity index (χ0) is 12.3. The number of hydrogen-bond acceptors (Lipinski definition) is 4. The van der Waals surface area contributed by atoms with Crippen molar-refractivity contribution in [2.24, 2.45) is 5.73 Å². The Balaban J connectivity index is 2.07. The Bertz CT molecular complexity index is 521. The summed E-state index contributed by atoms with van der Waals surface area (Å²) < 4.78 is 5.34. The summed E-state index contributed by atoms with van der Waals surface area (Å²) in [5.74, 6) is -0.377. The van der Waals surface area contributed by atoms with Gasteiger partial charge in [-0.3, -0.25) is 4.79 Å². The van der Waals surface area contributed by atoms with Crippen molar-refractivity contribution in [2.45, 2.75) is 12.6 Å². The zero-order valence-electron chi connectivity index (χ0n) is 9.22. The lowest BCUT2D eigenvalue weighted by atomic mass is 10.2. The molecule has 1 aromatic heterocycles. The van der Waals surface area contributed by atoms with Gasteiger partial charge < -0.3 is 20.6 Å². The van der Waals surface area contributed by atoms with E-state index in [2.05, 4.69) is 5.32 Å². The standard InChI is InChI=1S/C12H14N2O3/c13-10(6-15)12(16)14-5-8-7-17-11-4-2-1-3-9(8)11/h1-4,7,10,15H,5-6,13H2,(H,14,16). The average molecular weight is 234 g/mol. The Morgan fingerprint density at radius 2 is 2.24 bits per heavy atom. The summed E-state index contributed by atoms with van der Waals surface area (Å²) in [6, 6.07) is 6.69. The lowest BCUT2D eigenvalue weighted by Gasteiger charge is -2.08. The molecular formula is C12H14N2O3. The smallest absolute Gasteiger partial charge is 0.239 e. The molecule has 0 saturated carbocycles. The summed E-state index contributed by atoms with van der Waals surface area (Å²) in [4.78, 5) is 11.4. The number of amides is 1. The molecule has 0 aliphatic carbocycles. The minimum absolute atomic E-state index is 0.337. The highest BCUT2D eigenvalue weighted by Crippen LogP contribution is 2.20. The third kappa shape index (κ3) is 2.46. The number of aliphatic hydroxyl groups is 1. The minimum atomic E-state index is -0.881. The Labute approximate surface area is 98.2 Å². The number of carbonyl (C=O) groups excluding carboxylic acids is 1. The normalized spacial score (nSPS) is 12.6. The highest BCUT2D eigenvalue weighted by atomic mass is 16.3. The molecule has 2 rings (SSSR count). The third-order valence-electron chi connectivity index (χ3n) is 2.55. The van der Waals surface area contributed by atoms with Crippen molar-refractivity contribution in [1.29, 1.82) is 0 Å². The second-order valence-corrected chi connectivity index (χ2v) is 3.76. The number of furan rings is 1. The SMILES string of the molecule is NC(CO)C(=O)NCc1coc2ccccc12. The van der Waals surface area contributed by atoms with Crippen LogP contribution in [0, 0.1) is 0 Å². The molecule has 0 bridgehead atoms. The van der Waals surface area contributed by atoms with E-state index in [0.29, 0.717) is 6.54 Å². The van der Waals surface area contributed by atoms with Crippen LogP contribution in [0.2, 0.25) is 0 Å². The fraction of sp³-hybridized carbons (Fsp3) is 0.250. The van der Waals surface area contributed by atoms with Crippen LogP contribution in [0.1, 0.15) is 5.56 Å². The summed E-state index contributed by atoms with van der Waals surface area (Å²) >= 11 is 0. The third-order valence-corrected chi connectivity index (χ3v) is 2.55. The molecule has 0 aliphatic heterocycles. The first-order valence-corrected chi connectivity index (χ1v) is 5.31. The van der Waals surface area contributed by atoms with Crippen LogP contribution in [-0.4, -0.2) is 23.7 Å².